The minimum absolute atomic E-state index is 0.151. The Balaban J connectivity index is 1.64. The number of benzene rings is 2. The van der Waals surface area contributed by atoms with E-state index in [0.29, 0.717) is 17.1 Å². The fourth-order valence-corrected chi connectivity index (χ4v) is 3.53. The number of rotatable bonds is 9. The van der Waals surface area contributed by atoms with Crippen molar-refractivity contribution >= 4 is 35.0 Å². The Labute approximate surface area is 178 Å². The number of esters is 1. The zero-order valence-corrected chi connectivity index (χ0v) is 17.2. The fourth-order valence-electron chi connectivity index (χ4n) is 2.68. The van der Waals surface area contributed by atoms with Gasteiger partial charge in [-0.2, -0.15) is 0 Å². The van der Waals surface area contributed by atoms with Gasteiger partial charge in [-0.05, 0) is 43.0 Å². The lowest BCUT2D eigenvalue weighted by Crippen LogP contribution is -2.32. The van der Waals surface area contributed by atoms with Gasteiger partial charge in [0.15, 0.2) is 6.61 Å². The Morgan fingerprint density at radius 2 is 1.77 bits per heavy atom. The molecule has 1 heterocycles. The number of carbonyl (C=O) groups excluding carboxylic acids is 3. The monoisotopic (exact) mass is 427 g/mol. The highest BCUT2D eigenvalue weighted by molar-refractivity contribution is 8.18. The van der Waals surface area contributed by atoms with Crippen LogP contribution in [0.1, 0.15) is 12.5 Å². The molecule has 2 aromatic rings. The number of carbonyl (C=O) groups is 3. The Bertz CT molecular complexity index is 944. The Hall–Kier alpha value is -3.26. The molecule has 0 spiro atoms. The Morgan fingerprint density at radius 3 is 2.53 bits per heavy atom. The Kier molecular flexibility index (Phi) is 7.51. The van der Waals surface area contributed by atoms with Crippen LogP contribution in [0, 0.1) is 0 Å². The standard InChI is InChI=1S/C22H21NO6S/c1-2-27-20(24)15-29-18-11-7-6-8-16(18)14-19-21(25)23(22(26)30-19)12-13-28-17-9-4-3-5-10-17/h3-11,14H,2,12-13,15H2,1H3/b19-14-. The number of amides is 2. The van der Waals surface area contributed by atoms with Crippen LogP contribution >= 0.6 is 11.8 Å². The summed E-state index contributed by atoms with van der Waals surface area (Å²) in [4.78, 5) is 37.9. The van der Waals surface area contributed by atoms with Gasteiger partial charge in [0.2, 0.25) is 0 Å². The van der Waals surface area contributed by atoms with Crippen LogP contribution in [0.15, 0.2) is 59.5 Å². The highest BCUT2D eigenvalue weighted by atomic mass is 32.2. The maximum atomic E-state index is 12.7. The third-order valence-electron chi connectivity index (χ3n) is 4.06. The van der Waals surface area contributed by atoms with Crippen molar-refractivity contribution in [1.82, 2.24) is 4.90 Å². The molecule has 3 rings (SSSR count). The summed E-state index contributed by atoms with van der Waals surface area (Å²) in [5, 5.41) is -0.354. The van der Waals surface area contributed by atoms with Crippen LogP contribution in [0.25, 0.3) is 6.08 Å². The van der Waals surface area contributed by atoms with Gasteiger partial charge in [-0.3, -0.25) is 14.5 Å². The molecular weight excluding hydrogens is 406 g/mol. The maximum absolute atomic E-state index is 12.7. The molecule has 0 aliphatic carbocycles. The molecule has 0 aromatic heterocycles. The second-order valence-electron chi connectivity index (χ2n) is 6.13. The molecule has 0 saturated carbocycles. The maximum Gasteiger partial charge on any atom is 0.344 e. The molecule has 0 atom stereocenters. The zero-order chi connectivity index (χ0) is 21.3. The van der Waals surface area contributed by atoms with E-state index in [4.69, 9.17) is 14.2 Å². The van der Waals surface area contributed by atoms with E-state index in [-0.39, 0.29) is 42.4 Å². The molecule has 30 heavy (non-hydrogen) atoms. The SMILES string of the molecule is CCOC(=O)COc1ccccc1/C=C1\SC(=O)N(CCOc2ccccc2)C1=O. The number of ether oxygens (including phenoxy) is 3. The van der Waals surface area contributed by atoms with E-state index in [1.54, 1.807) is 49.4 Å². The second kappa shape index (κ2) is 10.5. The lowest BCUT2D eigenvalue weighted by atomic mass is 10.2. The van der Waals surface area contributed by atoms with Crippen LogP contribution in [0.4, 0.5) is 4.79 Å². The summed E-state index contributed by atoms with van der Waals surface area (Å²) in [7, 11) is 0. The van der Waals surface area contributed by atoms with Crippen molar-refractivity contribution in [3.63, 3.8) is 0 Å². The summed E-state index contributed by atoms with van der Waals surface area (Å²) in [6.07, 6.45) is 1.59. The first-order chi connectivity index (χ1) is 14.6. The summed E-state index contributed by atoms with van der Waals surface area (Å²) < 4.78 is 15.9. The molecule has 0 unspecified atom stereocenters. The van der Waals surface area contributed by atoms with E-state index in [0.717, 1.165) is 16.7 Å². The fraction of sp³-hybridized carbons (Fsp3) is 0.227. The van der Waals surface area contributed by atoms with E-state index >= 15 is 0 Å². The van der Waals surface area contributed by atoms with Crippen molar-refractivity contribution in [2.75, 3.05) is 26.4 Å². The highest BCUT2D eigenvalue weighted by Gasteiger charge is 2.35. The van der Waals surface area contributed by atoms with Crippen molar-refractivity contribution < 1.29 is 28.6 Å². The number of hydrogen-bond acceptors (Lipinski definition) is 7. The Morgan fingerprint density at radius 1 is 1.03 bits per heavy atom. The molecule has 1 aliphatic heterocycles. The average molecular weight is 427 g/mol. The van der Waals surface area contributed by atoms with Gasteiger partial charge in [0.25, 0.3) is 11.1 Å². The molecule has 156 valence electrons. The van der Waals surface area contributed by atoms with Crippen molar-refractivity contribution in [3.05, 3.63) is 65.1 Å². The molecule has 1 saturated heterocycles. The van der Waals surface area contributed by atoms with Crippen LogP contribution in [0.2, 0.25) is 0 Å². The number of imide groups is 1. The first-order valence-electron chi connectivity index (χ1n) is 9.39. The quantitative estimate of drug-likeness (QED) is 0.445. The molecule has 0 radical (unpaired) electrons. The molecular formula is C22H21NO6S. The lowest BCUT2D eigenvalue weighted by Gasteiger charge is -2.13. The molecule has 0 bridgehead atoms. The smallest absolute Gasteiger partial charge is 0.344 e. The van der Waals surface area contributed by atoms with Crippen molar-refractivity contribution in [2.45, 2.75) is 6.92 Å². The normalized spacial score (nSPS) is 14.8. The summed E-state index contributed by atoms with van der Waals surface area (Å²) in [6.45, 7) is 2.10. The van der Waals surface area contributed by atoms with Gasteiger partial charge in [-0.25, -0.2) is 4.79 Å². The summed E-state index contributed by atoms with van der Waals surface area (Å²) in [6, 6.07) is 16.1. The van der Waals surface area contributed by atoms with Gasteiger partial charge in [0.05, 0.1) is 18.1 Å². The topological polar surface area (TPSA) is 82.1 Å². The predicted molar refractivity (Wildman–Crippen MR) is 113 cm³/mol. The van der Waals surface area contributed by atoms with E-state index in [1.807, 2.05) is 18.2 Å². The van der Waals surface area contributed by atoms with Gasteiger partial charge >= 0.3 is 5.97 Å². The first-order valence-corrected chi connectivity index (χ1v) is 10.2. The third kappa shape index (κ3) is 5.64. The largest absolute Gasteiger partial charge is 0.492 e. The minimum atomic E-state index is -0.481. The van der Waals surface area contributed by atoms with Crippen LogP contribution in [0.5, 0.6) is 11.5 Å². The lowest BCUT2D eigenvalue weighted by molar-refractivity contribution is -0.145. The number of hydrogen-bond donors (Lipinski definition) is 0. The van der Waals surface area contributed by atoms with Gasteiger partial charge in [0, 0.05) is 5.56 Å². The molecule has 7 nitrogen and oxygen atoms in total. The van der Waals surface area contributed by atoms with E-state index in [2.05, 4.69) is 0 Å². The van der Waals surface area contributed by atoms with Gasteiger partial charge in [-0.1, -0.05) is 36.4 Å². The summed E-state index contributed by atoms with van der Waals surface area (Å²) in [5.74, 6) is 0.227. The molecule has 1 aliphatic rings. The van der Waals surface area contributed by atoms with E-state index in [9.17, 15) is 14.4 Å². The molecule has 1 fully saturated rings. The van der Waals surface area contributed by atoms with Gasteiger partial charge in [-0.15, -0.1) is 0 Å². The molecule has 2 aromatic carbocycles. The third-order valence-corrected chi connectivity index (χ3v) is 4.96. The van der Waals surface area contributed by atoms with Crippen LogP contribution in [0.3, 0.4) is 0 Å². The highest BCUT2D eigenvalue weighted by Crippen LogP contribution is 2.33. The number of nitrogens with zero attached hydrogens (tertiary/aromatic N) is 1. The molecule has 2 amide bonds. The van der Waals surface area contributed by atoms with Crippen LogP contribution in [-0.2, 0) is 14.3 Å². The average Bonchev–Trinajstić information content (AvgIpc) is 3.01. The summed E-state index contributed by atoms with van der Waals surface area (Å²) >= 11 is 0.860. The summed E-state index contributed by atoms with van der Waals surface area (Å²) in [5.41, 5.74) is 0.591. The second-order valence-corrected chi connectivity index (χ2v) is 7.12. The van der Waals surface area contributed by atoms with Crippen LogP contribution in [-0.4, -0.2) is 48.4 Å². The molecule has 0 N–H and O–H groups in total. The van der Waals surface area contributed by atoms with Crippen LogP contribution < -0.4 is 9.47 Å². The molecule has 8 heteroatoms. The zero-order valence-electron chi connectivity index (χ0n) is 16.4. The van der Waals surface area contributed by atoms with Crippen molar-refractivity contribution in [3.8, 4) is 11.5 Å². The van der Waals surface area contributed by atoms with Crippen molar-refractivity contribution in [2.24, 2.45) is 0 Å². The van der Waals surface area contributed by atoms with Gasteiger partial charge in [0.1, 0.15) is 18.1 Å². The van der Waals surface area contributed by atoms with Crippen molar-refractivity contribution in [1.29, 1.82) is 0 Å². The number of thioether (sulfide) groups is 1. The van der Waals surface area contributed by atoms with Gasteiger partial charge < -0.3 is 14.2 Å². The van der Waals surface area contributed by atoms with E-state index in [1.165, 1.54) is 0 Å². The first kappa shape index (κ1) is 21.4. The number of para-hydroxylation sites is 2. The van der Waals surface area contributed by atoms with E-state index < -0.39 is 5.97 Å². The minimum Gasteiger partial charge on any atom is -0.492 e. The predicted octanol–water partition coefficient (Wildman–Crippen LogP) is 3.74.